The number of fused-ring (bicyclic) bond motifs is 2. The van der Waals surface area contributed by atoms with E-state index in [2.05, 4.69) is 90.2 Å². The molecule has 4 aliphatic heterocycles. The van der Waals surface area contributed by atoms with Crippen LogP contribution in [0.3, 0.4) is 0 Å². The van der Waals surface area contributed by atoms with Gasteiger partial charge in [0, 0.05) is 29.0 Å². The van der Waals surface area contributed by atoms with Crippen molar-refractivity contribution in [3.05, 3.63) is 83.6 Å². The van der Waals surface area contributed by atoms with Gasteiger partial charge < -0.3 is 29.1 Å². The Morgan fingerprint density at radius 3 is 2.27 bits per heavy atom. The first-order chi connectivity index (χ1) is 24.5. The highest BCUT2D eigenvalue weighted by Crippen LogP contribution is 2.43. The summed E-state index contributed by atoms with van der Waals surface area (Å²) in [6, 6.07) is 24.8. The molecule has 3 aromatic rings. The van der Waals surface area contributed by atoms with E-state index in [1.165, 1.54) is 22.1 Å². The lowest BCUT2D eigenvalue weighted by molar-refractivity contribution is -0.139. The Balaban J connectivity index is 0.998. The molecule has 0 spiro atoms. The van der Waals surface area contributed by atoms with Crippen LogP contribution in [0.2, 0.25) is 5.04 Å². The maximum Gasteiger partial charge on any atom is 0.262 e. The summed E-state index contributed by atoms with van der Waals surface area (Å²) in [4.78, 5) is 30.9. The molecule has 266 valence electrons. The summed E-state index contributed by atoms with van der Waals surface area (Å²) in [5.41, 5.74) is 6.83. The van der Waals surface area contributed by atoms with Crippen LogP contribution in [-0.4, -0.2) is 64.6 Å². The minimum atomic E-state index is -2.85. The number of benzene rings is 3. The van der Waals surface area contributed by atoms with E-state index in [4.69, 9.17) is 29.6 Å². The number of hydrogen-bond donors (Lipinski definition) is 1. The van der Waals surface area contributed by atoms with E-state index in [1.54, 1.807) is 6.33 Å². The molecular weight excluding hydrogens is 745 g/mol. The van der Waals surface area contributed by atoms with Gasteiger partial charge in [0.1, 0.15) is 6.10 Å². The number of nitrogens with two attached hydrogens (primary N) is 1. The molecule has 2 N–H and O–H groups in total. The van der Waals surface area contributed by atoms with Crippen LogP contribution in [0.4, 0.5) is 5.82 Å². The molecule has 10 nitrogen and oxygen atoms in total. The number of nitrogens with zero attached hydrogens (tertiary/aromatic N) is 5. The fraction of sp³-hybridized carbons (Fsp3) is 0.368. The summed E-state index contributed by atoms with van der Waals surface area (Å²) < 4.78 is 21.1. The van der Waals surface area contributed by atoms with Gasteiger partial charge in [0.25, 0.3) is 8.32 Å². The second kappa shape index (κ2) is 14.6. The summed E-state index contributed by atoms with van der Waals surface area (Å²) in [5.74, 6) is 2.99. The molecule has 0 aromatic heterocycles. The average molecular weight is 788 g/mol. The Kier molecular flexibility index (Phi) is 10.2. The van der Waals surface area contributed by atoms with Gasteiger partial charge in [-0.15, -0.1) is 0 Å². The number of likely N-dealkylation sites (tertiary alicyclic amines) is 1. The normalized spacial score (nSPS) is 15.7. The zero-order chi connectivity index (χ0) is 35.8. The lowest BCUT2D eigenvalue weighted by Crippen LogP contribution is -2.68. The van der Waals surface area contributed by atoms with E-state index in [0.717, 1.165) is 35.2 Å². The van der Waals surface area contributed by atoms with E-state index in [9.17, 15) is 4.79 Å². The molecule has 4 heterocycles. The first-order valence-electron chi connectivity index (χ1n) is 17.4. The number of ether oxygens (including phenoxy) is 2. The van der Waals surface area contributed by atoms with Gasteiger partial charge in [0.05, 0.1) is 6.33 Å². The van der Waals surface area contributed by atoms with Gasteiger partial charge in [-0.3, -0.25) is 4.79 Å². The molecular formula is C38H43BrN6O4SSi. The second-order valence-corrected chi connectivity index (χ2v) is 20.3. The first kappa shape index (κ1) is 35.5. The number of carbonyl (C=O) groups excluding carboxylic acids is 1. The van der Waals surface area contributed by atoms with Gasteiger partial charge in [0.2, 0.25) is 12.7 Å². The van der Waals surface area contributed by atoms with Crippen LogP contribution < -0.4 is 25.6 Å². The number of halogens is 1. The zero-order valence-electron chi connectivity index (χ0n) is 29.3. The topological polar surface area (TPSA) is 118 Å². The van der Waals surface area contributed by atoms with Crippen molar-refractivity contribution in [1.29, 1.82) is 0 Å². The number of piperidine rings is 1. The van der Waals surface area contributed by atoms with E-state index >= 15 is 0 Å². The highest BCUT2D eigenvalue weighted by atomic mass is 79.9. The molecule has 0 radical (unpaired) electrons. The number of aromatic nitrogens is 4. The van der Waals surface area contributed by atoms with Crippen molar-refractivity contribution in [1.82, 2.24) is 24.4 Å². The van der Waals surface area contributed by atoms with Gasteiger partial charge in [-0.2, -0.15) is 0 Å². The highest BCUT2D eigenvalue weighted by Gasteiger charge is 2.52. The fourth-order valence-electron chi connectivity index (χ4n) is 7.25. The summed E-state index contributed by atoms with van der Waals surface area (Å²) in [7, 11) is -2.85. The molecule has 0 saturated carbocycles. The molecule has 0 bridgehead atoms. The number of amides is 1. The lowest BCUT2D eigenvalue weighted by atomic mass is 9.93. The van der Waals surface area contributed by atoms with Crippen LogP contribution in [0.1, 0.15) is 47.0 Å². The summed E-state index contributed by atoms with van der Waals surface area (Å²) in [6.45, 7) is 11.0. The van der Waals surface area contributed by atoms with Crippen LogP contribution in [0.5, 0.6) is 11.5 Å². The SMILES string of the molecule is C[C@@H](O[Si](c1ccccc1)(c1ccccc1)C(C)(C)C)C(=O)N1CCC(CCn2cnc(N)c3nc(Sc4cc5c(cc4Br)OCO5)nc2-3)CC1. The molecule has 0 aliphatic carbocycles. The maximum atomic E-state index is 14.0. The summed E-state index contributed by atoms with van der Waals surface area (Å²) in [5, 5.41) is 2.73. The molecule has 0 unspecified atom stereocenters. The Hall–Kier alpha value is -3.91. The predicted molar refractivity (Wildman–Crippen MR) is 205 cm³/mol. The van der Waals surface area contributed by atoms with Crippen molar-refractivity contribution in [2.45, 2.75) is 74.7 Å². The Morgan fingerprint density at radius 1 is 1.02 bits per heavy atom. The minimum Gasteiger partial charge on any atom is -0.454 e. The predicted octanol–water partition coefficient (Wildman–Crippen LogP) is 6.60. The number of aryl methyl sites for hydroxylation is 1. The molecule has 4 aliphatic rings. The van der Waals surface area contributed by atoms with Crippen molar-refractivity contribution in [2.24, 2.45) is 5.92 Å². The third-order valence-corrected chi connectivity index (χ3v) is 16.9. The smallest absolute Gasteiger partial charge is 0.262 e. The molecule has 13 heteroatoms. The monoisotopic (exact) mass is 786 g/mol. The van der Waals surface area contributed by atoms with Crippen LogP contribution in [0, 0.1) is 5.92 Å². The van der Waals surface area contributed by atoms with Crippen LogP contribution in [0.25, 0.3) is 11.5 Å². The van der Waals surface area contributed by atoms with E-state index in [1.807, 2.05) is 40.7 Å². The highest BCUT2D eigenvalue weighted by molar-refractivity contribution is 9.10. The minimum absolute atomic E-state index is 0.0615. The standard InChI is InChI=1S/C38H43BrN6O4SSi/c1-25(49-51(38(2,3)4,27-11-7-5-8-12-27)28-13-9-6-10-14-28)36(46)44-18-15-26(16-19-44)17-20-45-23-41-34(40)33-35(45)43-37(42-33)50-32-22-31-30(21-29(32)39)47-24-48-31/h5-14,21-23,25-26H,15-20,24,40H2,1-4H3/t25-/m1/s1. The number of imidazole rings is 1. The van der Waals surface area contributed by atoms with Crippen molar-refractivity contribution in [3.63, 3.8) is 0 Å². The van der Waals surface area contributed by atoms with E-state index in [0.29, 0.717) is 53.0 Å². The Bertz CT molecular complexity index is 1930. The fourth-order valence-corrected chi connectivity index (χ4v) is 13.2. The Morgan fingerprint density at radius 2 is 1.65 bits per heavy atom. The molecule has 51 heavy (non-hydrogen) atoms. The maximum absolute atomic E-state index is 14.0. The molecule has 3 aromatic carbocycles. The number of hydrogen-bond acceptors (Lipinski definition) is 9. The van der Waals surface area contributed by atoms with Gasteiger partial charge in [0.15, 0.2) is 34.0 Å². The zero-order valence-corrected chi connectivity index (χ0v) is 32.7. The third kappa shape index (κ3) is 7.13. The van der Waals surface area contributed by atoms with Gasteiger partial charge in [-0.1, -0.05) is 81.4 Å². The van der Waals surface area contributed by atoms with E-state index < -0.39 is 14.4 Å². The molecule has 7 rings (SSSR count). The quantitative estimate of drug-likeness (QED) is 0.157. The van der Waals surface area contributed by atoms with Crippen molar-refractivity contribution in [3.8, 4) is 23.0 Å². The van der Waals surface area contributed by atoms with Crippen LogP contribution >= 0.6 is 27.7 Å². The summed E-state index contributed by atoms with van der Waals surface area (Å²) in [6.07, 6.45) is 3.97. The average Bonchev–Trinajstić information content (AvgIpc) is 3.78. The number of rotatable bonds is 10. The van der Waals surface area contributed by atoms with E-state index in [-0.39, 0.29) is 17.7 Å². The van der Waals surface area contributed by atoms with Crippen LogP contribution in [0.15, 0.2) is 93.6 Å². The first-order valence-corrected chi connectivity index (χ1v) is 20.9. The summed E-state index contributed by atoms with van der Waals surface area (Å²) >= 11 is 5.06. The number of nitrogen functional groups attached to an aromatic ring is 1. The van der Waals surface area contributed by atoms with Gasteiger partial charge in [-0.25, -0.2) is 15.0 Å². The Labute approximate surface area is 312 Å². The van der Waals surface area contributed by atoms with Gasteiger partial charge in [-0.05, 0) is 87.3 Å². The molecule has 1 saturated heterocycles. The largest absolute Gasteiger partial charge is 0.454 e. The number of anilines is 1. The molecule has 1 fully saturated rings. The van der Waals surface area contributed by atoms with Crippen molar-refractivity contribution in [2.75, 3.05) is 25.6 Å². The molecule has 1 amide bonds. The van der Waals surface area contributed by atoms with Crippen LogP contribution in [-0.2, 0) is 15.8 Å². The van der Waals surface area contributed by atoms with Crippen molar-refractivity contribution < 1.29 is 18.7 Å². The molecule has 1 atom stereocenters. The second-order valence-electron chi connectivity index (χ2n) is 14.2. The van der Waals surface area contributed by atoms with Crippen molar-refractivity contribution >= 4 is 58.1 Å². The third-order valence-electron chi connectivity index (χ3n) is 9.92. The van der Waals surface area contributed by atoms with Gasteiger partial charge >= 0.3 is 0 Å². The lowest BCUT2D eigenvalue weighted by Gasteiger charge is -2.45. The number of carbonyl (C=O) groups is 1.